The monoisotopic (exact) mass is 336 g/mol. The van der Waals surface area contributed by atoms with Crippen LogP contribution in [-0.4, -0.2) is 79.1 Å². The number of methoxy groups -OCH3 is 1. The predicted octanol–water partition coefficient (Wildman–Crippen LogP) is 0.677. The second-order valence-electron chi connectivity index (χ2n) is 7.28. The smallest absolute Gasteiger partial charge is 0.231 e. The molecule has 2 aliphatic rings. The van der Waals surface area contributed by atoms with Gasteiger partial charge in [-0.3, -0.25) is 9.48 Å². The van der Waals surface area contributed by atoms with Crippen LogP contribution in [0.5, 0.6) is 0 Å². The van der Waals surface area contributed by atoms with E-state index >= 15 is 0 Å². The highest BCUT2D eigenvalue weighted by molar-refractivity contribution is 5.86. The fraction of sp³-hybridized carbons (Fsp3) is 0.765. The second kappa shape index (κ2) is 6.82. The standard InChI is InChI=1S/C17H28N4O3/c1-19(2)11-14-15(13-9-18-20(3)10-13)21(7-8-24-14)16(22)17(5-6-17)12-23-4/h9-10,14-15H,5-8,11-12H2,1-4H3/t14-,15-/m0/s1. The van der Waals surface area contributed by atoms with Crippen LogP contribution in [0.25, 0.3) is 0 Å². The number of hydrogen-bond acceptors (Lipinski definition) is 5. The number of likely N-dealkylation sites (N-methyl/N-ethyl adjacent to an activating group) is 1. The van der Waals surface area contributed by atoms with Crippen molar-refractivity contribution in [3.8, 4) is 0 Å². The number of nitrogens with zero attached hydrogens (tertiary/aromatic N) is 4. The van der Waals surface area contributed by atoms with Crippen LogP contribution in [0.15, 0.2) is 12.4 Å². The summed E-state index contributed by atoms with van der Waals surface area (Å²) in [6, 6.07) is -0.100. The van der Waals surface area contributed by atoms with Crippen LogP contribution in [-0.2, 0) is 21.3 Å². The lowest BCUT2D eigenvalue weighted by Crippen LogP contribution is -2.53. The Morgan fingerprint density at radius 2 is 2.25 bits per heavy atom. The van der Waals surface area contributed by atoms with E-state index in [0.717, 1.165) is 24.9 Å². The largest absolute Gasteiger partial charge is 0.384 e. The van der Waals surface area contributed by atoms with Gasteiger partial charge in [0.1, 0.15) is 0 Å². The molecule has 2 fully saturated rings. The fourth-order valence-electron chi connectivity index (χ4n) is 3.61. The number of hydrogen-bond donors (Lipinski definition) is 0. The first-order valence-electron chi connectivity index (χ1n) is 8.52. The van der Waals surface area contributed by atoms with E-state index in [1.165, 1.54) is 0 Å². The lowest BCUT2D eigenvalue weighted by atomic mass is 9.97. The van der Waals surface area contributed by atoms with Crippen LogP contribution < -0.4 is 0 Å². The molecule has 0 radical (unpaired) electrons. The molecule has 2 heterocycles. The number of carbonyl (C=O) groups excluding carboxylic acids is 1. The van der Waals surface area contributed by atoms with E-state index < -0.39 is 0 Å². The van der Waals surface area contributed by atoms with E-state index in [2.05, 4.69) is 10.00 Å². The van der Waals surface area contributed by atoms with E-state index in [1.54, 1.807) is 11.8 Å². The summed E-state index contributed by atoms with van der Waals surface area (Å²) in [6.07, 6.45) is 5.60. The number of morpholine rings is 1. The van der Waals surface area contributed by atoms with Crippen molar-refractivity contribution in [2.24, 2.45) is 12.5 Å². The summed E-state index contributed by atoms with van der Waals surface area (Å²) in [7, 11) is 7.61. The molecule has 2 atom stereocenters. The van der Waals surface area contributed by atoms with Crippen molar-refractivity contribution >= 4 is 5.91 Å². The van der Waals surface area contributed by atoms with Gasteiger partial charge >= 0.3 is 0 Å². The average molecular weight is 336 g/mol. The molecule has 1 saturated carbocycles. The SMILES string of the molecule is COCC1(C(=O)N2CCO[C@@H](CN(C)C)[C@@H]2c2cnn(C)c2)CC1. The summed E-state index contributed by atoms with van der Waals surface area (Å²) in [4.78, 5) is 17.3. The minimum Gasteiger partial charge on any atom is -0.384 e. The molecule has 0 aromatic carbocycles. The summed E-state index contributed by atoms with van der Waals surface area (Å²) in [5.74, 6) is 0.199. The topological polar surface area (TPSA) is 59.8 Å². The minimum atomic E-state index is -0.324. The number of ether oxygens (including phenoxy) is 2. The predicted molar refractivity (Wildman–Crippen MR) is 89.5 cm³/mol. The van der Waals surface area contributed by atoms with Crippen molar-refractivity contribution in [1.82, 2.24) is 19.6 Å². The van der Waals surface area contributed by atoms with Crippen molar-refractivity contribution in [2.45, 2.75) is 25.0 Å². The highest BCUT2D eigenvalue weighted by Crippen LogP contribution is 2.49. The first-order chi connectivity index (χ1) is 11.5. The molecule has 0 N–H and O–H groups in total. The fourth-order valence-corrected chi connectivity index (χ4v) is 3.61. The Balaban J connectivity index is 1.88. The number of amides is 1. The van der Waals surface area contributed by atoms with Crippen LogP contribution in [0.4, 0.5) is 0 Å². The third-order valence-corrected chi connectivity index (χ3v) is 4.95. The summed E-state index contributed by atoms with van der Waals surface area (Å²) >= 11 is 0. The van der Waals surface area contributed by atoms with Gasteiger partial charge in [-0.05, 0) is 26.9 Å². The first kappa shape index (κ1) is 17.4. The Labute approximate surface area is 143 Å². The van der Waals surface area contributed by atoms with Crippen molar-refractivity contribution in [2.75, 3.05) is 47.5 Å². The molecule has 1 amide bonds. The number of rotatable bonds is 6. The quantitative estimate of drug-likeness (QED) is 0.764. The van der Waals surface area contributed by atoms with Gasteiger partial charge in [-0.15, -0.1) is 0 Å². The maximum absolute atomic E-state index is 13.2. The van der Waals surface area contributed by atoms with Gasteiger partial charge in [-0.2, -0.15) is 5.10 Å². The number of aromatic nitrogens is 2. The second-order valence-corrected chi connectivity index (χ2v) is 7.28. The minimum absolute atomic E-state index is 0.0553. The molecule has 1 saturated heterocycles. The Morgan fingerprint density at radius 3 is 2.79 bits per heavy atom. The van der Waals surface area contributed by atoms with Gasteiger partial charge in [0.05, 0.1) is 37.0 Å². The molecule has 7 nitrogen and oxygen atoms in total. The van der Waals surface area contributed by atoms with Crippen LogP contribution in [0, 0.1) is 5.41 Å². The van der Waals surface area contributed by atoms with E-state index in [9.17, 15) is 4.79 Å². The Morgan fingerprint density at radius 1 is 1.50 bits per heavy atom. The van der Waals surface area contributed by atoms with Gasteiger partial charge in [0, 0.05) is 39.0 Å². The maximum Gasteiger partial charge on any atom is 0.231 e. The molecule has 24 heavy (non-hydrogen) atoms. The zero-order valence-electron chi connectivity index (χ0n) is 15.1. The molecule has 7 heteroatoms. The van der Waals surface area contributed by atoms with E-state index in [1.807, 2.05) is 38.4 Å². The highest BCUT2D eigenvalue weighted by atomic mass is 16.5. The normalized spacial score (nSPS) is 26.0. The van der Waals surface area contributed by atoms with Crippen molar-refractivity contribution in [3.05, 3.63) is 18.0 Å². The van der Waals surface area contributed by atoms with Crippen LogP contribution in [0.1, 0.15) is 24.4 Å². The molecule has 0 spiro atoms. The number of carbonyl (C=O) groups is 1. The van der Waals surface area contributed by atoms with Gasteiger partial charge in [0.2, 0.25) is 5.91 Å². The van der Waals surface area contributed by atoms with E-state index in [-0.39, 0.29) is 23.5 Å². The van der Waals surface area contributed by atoms with E-state index in [4.69, 9.17) is 9.47 Å². The summed E-state index contributed by atoms with van der Waals surface area (Å²) in [5.41, 5.74) is 0.709. The van der Waals surface area contributed by atoms with Gasteiger partial charge < -0.3 is 19.3 Å². The lowest BCUT2D eigenvalue weighted by Gasteiger charge is -2.43. The molecule has 134 valence electrons. The molecule has 1 aliphatic heterocycles. The molecule has 0 unspecified atom stereocenters. The van der Waals surface area contributed by atoms with Crippen molar-refractivity contribution in [3.63, 3.8) is 0 Å². The lowest BCUT2D eigenvalue weighted by molar-refractivity contribution is -0.155. The third-order valence-electron chi connectivity index (χ3n) is 4.95. The first-order valence-corrected chi connectivity index (χ1v) is 8.52. The van der Waals surface area contributed by atoms with Crippen molar-refractivity contribution < 1.29 is 14.3 Å². The highest BCUT2D eigenvalue weighted by Gasteiger charge is 2.54. The maximum atomic E-state index is 13.2. The van der Waals surface area contributed by atoms with Crippen LogP contribution >= 0.6 is 0 Å². The summed E-state index contributed by atoms with van der Waals surface area (Å²) in [5, 5.41) is 4.30. The van der Waals surface area contributed by atoms with Gasteiger partial charge in [0.15, 0.2) is 0 Å². The van der Waals surface area contributed by atoms with Gasteiger partial charge in [-0.25, -0.2) is 0 Å². The van der Waals surface area contributed by atoms with Crippen LogP contribution in [0.3, 0.4) is 0 Å². The van der Waals surface area contributed by atoms with Gasteiger partial charge in [-0.1, -0.05) is 0 Å². The average Bonchev–Trinajstić information content (AvgIpc) is 3.19. The zero-order valence-corrected chi connectivity index (χ0v) is 15.1. The molecule has 1 aliphatic carbocycles. The Bertz CT molecular complexity index is 582. The summed E-state index contributed by atoms with van der Waals surface area (Å²) in [6.45, 7) is 2.46. The third kappa shape index (κ3) is 3.34. The van der Waals surface area contributed by atoms with Crippen LogP contribution in [0.2, 0.25) is 0 Å². The Kier molecular flexibility index (Phi) is 4.94. The zero-order chi connectivity index (χ0) is 17.3. The van der Waals surface area contributed by atoms with E-state index in [0.29, 0.717) is 19.8 Å². The molecular formula is C17H28N4O3. The molecule has 1 aromatic rings. The molecule has 0 bridgehead atoms. The number of aryl methyl sites for hydroxylation is 1. The van der Waals surface area contributed by atoms with Gasteiger partial charge in [0.25, 0.3) is 0 Å². The molecule has 1 aromatic heterocycles. The molecular weight excluding hydrogens is 308 g/mol. The van der Waals surface area contributed by atoms with Crippen molar-refractivity contribution in [1.29, 1.82) is 0 Å². The molecule has 3 rings (SSSR count). The Hall–Kier alpha value is -1.44. The summed E-state index contributed by atoms with van der Waals surface area (Å²) < 4.78 is 13.1.